The van der Waals surface area contributed by atoms with Gasteiger partial charge in [0.05, 0.1) is 10.4 Å². The lowest BCUT2D eigenvalue weighted by molar-refractivity contribution is -0.384. The molecule has 1 rings (SSSR count). The van der Waals surface area contributed by atoms with E-state index >= 15 is 0 Å². The molecule has 76 valence electrons. The third-order valence-corrected chi connectivity index (χ3v) is 1.34. The van der Waals surface area contributed by atoms with E-state index in [4.69, 9.17) is 10.0 Å². The minimum Gasteiger partial charge on any atom is -0.362 e. The van der Waals surface area contributed by atoms with Crippen molar-refractivity contribution in [2.75, 3.05) is 0 Å². The fourth-order valence-electron chi connectivity index (χ4n) is 0.533. The Bertz CT molecular complexity index is 600. The fraction of sp³-hybridized carbons (Fsp3) is 0. The van der Waals surface area contributed by atoms with E-state index in [2.05, 4.69) is 4.18 Å². The van der Waals surface area contributed by atoms with Crippen LogP contribution in [0.4, 0.5) is 5.69 Å². The molecule has 14 heavy (non-hydrogen) atoms. The van der Waals surface area contributed by atoms with Gasteiger partial charge < -0.3 is 4.18 Å². The summed E-state index contributed by atoms with van der Waals surface area (Å²) in [6.45, 7) is 0. The Hall–Kier alpha value is -1.67. The Balaban J connectivity index is 3.64. The Labute approximate surface area is 84.7 Å². The SMILES string of the molecule is [2H]c1c([2H])c([N+](=O)[O-])c([2H])c([2H])c1OS(=O)(=O)O. The molecular weight excluding hydrogens is 214 g/mol. The van der Waals surface area contributed by atoms with Gasteiger partial charge in [-0.3, -0.25) is 14.7 Å². The second kappa shape index (κ2) is 3.60. The van der Waals surface area contributed by atoms with Crippen LogP contribution >= 0.6 is 0 Å². The molecule has 0 atom stereocenters. The predicted molar refractivity (Wildman–Crippen MR) is 45.3 cm³/mol. The van der Waals surface area contributed by atoms with Crippen LogP contribution in [0.2, 0.25) is 0 Å². The molecule has 1 aromatic rings. The van der Waals surface area contributed by atoms with E-state index in [1.807, 2.05) is 0 Å². The second-order valence-electron chi connectivity index (χ2n) is 1.95. The summed E-state index contributed by atoms with van der Waals surface area (Å²) in [7, 11) is -5.07. The van der Waals surface area contributed by atoms with Crippen LogP contribution in [0.1, 0.15) is 5.48 Å². The first-order valence-corrected chi connectivity index (χ1v) is 4.34. The summed E-state index contributed by atoms with van der Waals surface area (Å²) in [5, 5.41) is 10.5. The fourth-order valence-corrected chi connectivity index (χ4v) is 0.827. The second-order valence-corrected chi connectivity index (χ2v) is 2.97. The van der Waals surface area contributed by atoms with E-state index in [-0.39, 0.29) is 0 Å². The number of nitrogens with zero attached hydrogens (tertiary/aromatic N) is 1. The Morgan fingerprint density at radius 1 is 1.43 bits per heavy atom. The maximum atomic E-state index is 10.5. The van der Waals surface area contributed by atoms with Crippen molar-refractivity contribution < 1.29 is 27.6 Å². The van der Waals surface area contributed by atoms with Gasteiger partial charge in [-0.25, -0.2) is 0 Å². The molecule has 0 saturated carbocycles. The molecule has 0 aliphatic carbocycles. The van der Waals surface area contributed by atoms with Crippen molar-refractivity contribution >= 4 is 16.1 Å². The Morgan fingerprint density at radius 3 is 2.29 bits per heavy atom. The Morgan fingerprint density at radius 2 is 1.93 bits per heavy atom. The molecule has 0 aromatic heterocycles. The van der Waals surface area contributed by atoms with Gasteiger partial charge in [-0.2, -0.15) is 8.42 Å². The minimum absolute atomic E-state index is 1.08. The zero-order chi connectivity index (χ0) is 14.2. The van der Waals surface area contributed by atoms with Crippen molar-refractivity contribution in [1.82, 2.24) is 0 Å². The molecule has 1 aromatic carbocycles. The van der Waals surface area contributed by atoms with Crippen LogP contribution in [-0.4, -0.2) is 17.9 Å². The van der Waals surface area contributed by atoms with E-state index in [0.717, 1.165) is 0 Å². The Kier molecular flexibility index (Phi) is 1.53. The summed E-state index contributed by atoms with van der Waals surface area (Å²) in [5.74, 6) is -1.11. The highest BCUT2D eigenvalue weighted by molar-refractivity contribution is 7.81. The first-order valence-electron chi connectivity index (χ1n) is 4.98. The van der Waals surface area contributed by atoms with E-state index in [0.29, 0.717) is 0 Å². The van der Waals surface area contributed by atoms with E-state index in [1.165, 1.54) is 0 Å². The lowest BCUT2D eigenvalue weighted by Gasteiger charge is -1.99. The average Bonchev–Trinajstić information content (AvgIpc) is 2.20. The first-order chi connectivity index (χ1) is 8.06. The van der Waals surface area contributed by atoms with Crippen molar-refractivity contribution in [3.8, 4) is 5.75 Å². The highest BCUT2D eigenvalue weighted by Gasteiger charge is 2.09. The van der Waals surface area contributed by atoms with Crippen LogP contribution in [0.3, 0.4) is 0 Å². The zero-order valence-electron chi connectivity index (χ0n) is 10.3. The van der Waals surface area contributed by atoms with Crippen molar-refractivity contribution in [2.45, 2.75) is 0 Å². The molecule has 0 unspecified atom stereocenters. The third kappa shape index (κ3) is 2.99. The van der Waals surface area contributed by atoms with Crippen LogP contribution in [-0.2, 0) is 10.4 Å². The molecule has 0 spiro atoms. The summed E-state index contributed by atoms with van der Waals surface area (Å²) in [4.78, 5) is 9.39. The van der Waals surface area contributed by atoms with Crippen LogP contribution in [0.25, 0.3) is 0 Å². The minimum atomic E-state index is -5.07. The van der Waals surface area contributed by atoms with Crippen LogP contribution in [0.5, 0.6) is 5.75 Å². The number of nitro benzene ring substituents is 1. The first kappa shape index (κ1) is 5.94. The molecular formula is C6H5NO6S. The molecule has 0 aliphatic rings. The van der Waals surface area contributed by atoms with Gasteiger partial charge in [-0.1, -0.05) is 0 Å². The normalized spacial score (nSPS) is 14.9. The van der Waals surface area contributed by atoms with Crippen LogP contribution < -0.4 is 4.18 Å². The van der Waals surface area contributed by atoms with Gasteiger partial charge in [0.25, 0.3) is 5.69 Å². The van der Waals surface area contributed by atoms with Crippen molar-refractivity contribution in [3.05, 3.63) is 34.3 Å². The molecule has 1 N–H and O–H groups in total. The summed E-state index contributed by atoms with van der Waals surface area (Å²) >= 11 is 0. The highest BCUT2D eigenvalue weighted by Crippen LogP contribution is 2.18. The molecule has 7 nitrogen and oxygen atoms in total. The van der Waals surface area contributed by atoms with Gasteiger partial charge in [-0.05, 0) is 12.1 Å². The van der Waals surface area contributed by atoms with Gasteiger partial charge >= 0.3 is 10.4 Å². The van der Waals surface area contributed by atoms with Crippen LogP contribution in [0, 0.1) is 10.1 Å². The lowest BCUT2D eigenvalue weighted by atomic mass is 10.3. The molecule has 0 heterocycles. The standard InChI is InChI=1S/C6H5NO6S/c8-7(9)5-1-3-6(4-2-5)13-14(10,11)12/h1-4H,(H,10,11,12)/i1D,2D,3D,4D. The van der Waals surface area contributed by atoms with E-state index < -0.39 is 50.9 Å². The molecule has 8 heteroatoms. The quantitative estimate of drug-likeness (QED) is 0.461. The summed E-state index contributed by atoms with van der Waals surface area (Å²) in [6, 6.07) is -4.33. The summed E-state index contributed by atoms with van der Waals surface area (Å²) in [6.07, 6.45) is 0. The number of nitro groups is 1. The third-order valence-electron chi connectivity index (χ3n) is 0.960. The molecule has 0 radical (unpaired) electrons. The topological polar surface area (TPSA) is 107 Å². The lowest BCUT2D eigenvalue weighted by Crippen LogP contribution is -2.06. The summed E-state index contributed by atoms with van der Waals surface area (Å²) in [5.41, 5.74) is -1.12. The number of hydrogen-bond acceptors (Lipinski definition) is 5. The highest BCUT2D eigenvalue weighted by atomic mass is 32.3. The van der Waals surface area contributed by atoms with E-state index in [1.54, 1.807) is 0 Å². The average molecular weight is 223 g/mol. The van der Waals surface area contributed by atoms with E-state index in [9.17, 15) is 18.5 Å². The molecule has 0 amide bonds. The van der Waals surface area contributed by atoms with Crippen molar-refractivity contribution in [2.24, 2.45) is 0 Å². The van der Waals surface area contributed by atoms with Crippen molar-refractivity contribution in [3.63, 3.8) is 0 Å². The molecule has 0 bridgehead atoms. The number of rotatable bonds is 3. The molecule has 0 fully saturated rings. The molecule has 0 saturated heterocycles. The molecule has 0 aliphatic heterocycles. The van der Waals surface area contributed by atoms with Gasteiger partial charge in [0.1, 0.15) is 5.75 Å². The summed E-state index contributed by atoms with van der Waals surface area (Å²) < 4.78 is 62.1. The van der Waals surface area contributed by atoms with Gasteiger partial charge in [0.2, 0.25) is 0 Å². The van der Waals surface area contributed by atoms with Gasteiger partial charge in [-0.15, -0.1) is 0 Å². The predicted octanol–water partition coefficient (Wildman–Crippen LogP) is 0.776. The number of benzene rings is 1. The van der Waals surface area contributed by atoms with Crippen LogP contribution in [0.15, 0.2) is 24.2 Å². The number of hydrogen-bond donors (Lipinski definition) is 1. The zero-order valence-corrected chi connectivity index (χ0v) is 7.16. The monoisotopic (exact) mass is 223 g/mol. The maximum Gasteiger partial charge on any atom is 0.446 e. The largest absolute Gasteiger partial charge is 0.446 e. The van der Waals surface area contributed by atoms with Crippen molar-refractivity contribution in [1.29, 1.82) is 0 Å². The van der Waals surface area contributed by atoms with Gasteiger partial charge in [0.15, 0.2) is 0 Å². The van der Waals surface area contributed by atoms with Gasteiger partial charge in [0, 0.05) is 12.1 Å². The maximum absolute atomic E-state index is 10.5. The smallest absolute Gasteiger partial charge is 0.362 e.